The molecule has 0 unspecified atom stereocenters. The molecule has 0 saturated carbocycles. The Balaban J connectivity index is 1.38. The van der Waals surface area contributed by atoms with E-state index >= 15 is 0 Å². The third-order valence-corrected chi connectivity index (χ3v) is 7.02. The maximum absolute atomic E-state index is 13.7. The minimum absolute atomic E-state index is 0.0436. The fraction of sp³-hybridized carbons (Fsp3) is 0.143. The number of anilines is 1. The summed E-state index contributed by atoms with van der Waals surface area (Å²) in [5.41, 5.74) is 6.45. The van der Waals surface area contributed by atoms with E-state index in [9.17, 15) is 9.18 Å². The molecule has 0 aliphatic heterocycles. The normalized spacial score (nSPS) is 11.6. The Labute approximate surface area is 215 Å². The molecule has 1 aromatic carbocycles. The molecule has 7 nitrogen and oxygen atoms in total. The number of hydrogen-bond acceptors (Lipinski definition) is 5. The van der Waals surface area contributed by atoms with Crippen LogP contribution < -0.4 is 5.32 Å². The monoisotopic (exact) mass is 510 g/mol. The molecule has 0 spiro atoms. The summed E-state index contributed by atoms with van der Waals surface area (Å²) in [5, 5.41) is 12.2. The molecule has 184 valence electrons. The molecule has 0 aliphatic carbocycles. The van der Waals surface area contributed by atoms with E-state index in [1.807, 2.05) is 50.2 Å². The quantitative estimate of drug-likeness (QED) is 0.224. The molecule has 0 saturated heterocycles. The minimum atomic E-state index is -0.209. The largest absolute Gasteiger partial charge is 0.353 e. The molecule has 5 heterocycles. The van der Waals surface area contributed by atoms with Crippen LogP contribution in [0.4, 0.5) is 10.1 Å². The Morgan fingerprint density at radius 2 is 1.95 bits per heavy atom. The van der Waals surface area contributed by atoms with Crippen LogP contribution in [0.5, 0.6) is 0 Å². The van der Waals surface area contributed by atoms with Crippen molar-refractivity contribution in [3.05, 3.63) is 72.3 Å². The number of nitrogens with one attached hydrogen (secondary N) is 3. The molecule has 6 rings (SSSR count). The van der Waals surface area contributed by atoms with Gasteiger partial charge in [-0.25, -0.2) is 0 Å². The highest BCUT2D eigenvalue weighted by Gasteiger charge is 2.16. The zero-order chi connectivity index (χ0) is 25.5. The fourth-order valence-electron chi connectivity index (χ4n) is 4.47. The second-order valence-electron chi connectivity index (χ2n) is 9.35. The SMILES string of the molecule is CC(C)CC(=O)Nc1cncc(-c2cc3c(-c4cc5c(-c6ccc(F)s6)cccc5[nH]4)n[nH]c3cn2)c1. The summed E-state index contributed by atoms with van der Waals surface area (Å²) in [6, 6.07) is 15.1. The zero-order valence-corrected chi connectivity index (χ0v) is 21.0. The van der Waals surface area contributed by atoms with E-state index in [0.29, 0.717) is 17.8 Å². The van der Waals surface area contributed by atoms with E-state index in [1.54, 1.807) is 24.7 Å². The van der Waals surface area contributed by atoms with Crippen molar-refractivity contribution in [1.82, 2.24) is 25.1 Å². The van der Waals surface area contributed by atoms with Crippen LogP contribution in [0.3, 0.4) is 0 Å². The van der Waals surface area contributed by atoms with Crippen LogP contribution in [-0.2, 0) is 4.79 Å². The minimum Gasteiger partial charge on any atom is -0.353 e. The van der Waals surface area contributed by atoms with Crippen molar-refractivity contribution < 1.29 is 9.18 Å². The van der Waals surface area contributed by atoms with Gasteiger partial charge in [-0.3, -0.25) is 19.9 Å². The molecule has 1 amide bonds. The van der Waals surface area contributed by atoms with Crippen LogP contribution >= 0.6 is 11.3 Å². The van der Waals surface area contributed by atoms with Gasteiger partial charge in [0.15, 0.2) is 5.13 Å². The Kier molecular flexibility index (Phi) is 5.77. The first-order valence-corrected chi connectivity index (χ1v) is 12.7. The van der Waals surface area contributed by atoms with E-state index in [0.717, 1.165) is 60.5 Å². The van der Waals surface area contributed by atoms with E-state index in [4.69, 9.17) is 0 Å². The van der Waals surface area contributed by atoms with Gasteiger partial charge in [-0.15, -0.1) is 11.3 Å². The van der Waals surface area contributed by atoms with E-state index in [-0.39, 0.29) is 17.0 Å². The van der Waals surface area contributed by atoms with Gasteiger partial charge < -0.3 is 10.3 Å². The van der Waals surface area contributed by atoms with Crippen LogP contribution in [0.25, 0.3) is 54.9 Å². The Bertz CT molecular complexity index is 1770. The van der Waals surface area contributed by atoms with Crippen molar-refractivity contribution in [3.8, 4) is 33.1 Å². The number of carbonyl (C=O) groups excluding carboxylic acids is 1. The molecular formula is C28H23FN6OS. The lowest BCUT2D eigenvalue weighted by atomic mass is 10.1. The van der Waals surface area contributed by atoms with Crippen LogP contribution in [0.15, 0.2) is 67.1 Å². The topological polar surface area (TPSA) is 99.4 Å². The molecule has 3 N–H and O–H groups in total. The summed E-state index contributed by atoms with van der Waals surface area (Å²) in [4.78, 5) is 25.4. The van der Waals surface area contributed by atoms with Crippen LogP contribution in [0.1, 0.15) is 20.3 Å². The lowest BCUT2D eigenvalue weighted by Crippen LogP contribution is -2.13. The molecule has 5 aromatic heterocycles. The number of nitrogens with zero attached hydrogens (tertiary/aromatic N) is 3. The standard InChI is InChI=1S/C28H23FN6OS/c1-15(2)8-27(36)32-17-9-16(12-30-13-17)22-11-20-24(14-31-22)34-35-28(20)23-10-19-18(4-3-5-21(19)33-23)25-6-7-26(29)37-25/h3-7,9-15,33H,8H2,1-2H3,(H,32,36)(H,34,35). The molecule has 0 radical (unpaired) electrons. The smallest absolute Gasteiger partial charge is 0.224 e. The molecule has 0 bridgehead atoms. The molecular weight excluding hydrogens is 487 g/mol. The maximum atomic E-state index is 13.7. The second-order valence-corrected chi connectivity index (χ2v) is 10.4. The highest BCUT2D eigenvalue weighted by molar-refractivity contribution is 7.14. The third kappa shape index (κ3) is 4.49. The number of pyridine rings is 2. The number of H-pyrrole nitrogens is 2. The average Bonchev–Trinajstić information content (AvgIpc) is 3.60. The number of thiophene rings is 1. The van der Waals surface area contributed by atoms with Crippen molar-refractivity contribution in [2.75, 3.05) is 5.32 Å². The number of rotatable bonds is 6. The molecule has 0 fully saturated rings. The summed E-state index contributed by atoms with van der Waals surface area (Å²) in [5.74, 6) is 0.227. The van der Waals surface area contributed by atoms with Gasteiger partial charge >= 0.3 is 0 Å². The summed E-state index contributed by atoms with van der Waals surface area (Å²) in [6.07, 6.45) is 5.54. The van der Waals surface area contributed by atoms with Crippen LogP contribution in [0, 0.1) is 11.0 Å². The van der Waals surface area contributed by atoms with Crippen LogP contribution in [0.2, 0.25) is 0 Å². The molecule has 0 atom stereocenters. The highest BCUT2D eigenvalue weighted by atomic mass is 32.1. The predicted octanol–water partition coefficient (Wildman–Crippen LogP) is 7.02. The summed E-state index contributed by atoms with van der Waals surface area (Å²) >= 11 is 1.13. The molecule has 37 heavy (non-hydrogen) atoms. The van der Waals surface area contributed by atoms with Gasteiger partial charge in [0.25, 0.3) is 0 Å². The van der Waals surface area contributed by atoms with Gasteiger partial charge in [-0.1, -0.05) is 26.0 Å². The number of aromatic amines is 2. The Hall–Kier alpha value is -4.37. The van der Waals surface area contributed by atoms with Gasteiger partial charge in [0.2, 0.25) is 5.91 Å². The lowest BCUT2D eigenvalue weighted by molar-refractivity contribution is -0.116. The predicted molar refractivity (Wildman–Crippen MR) is 146 cm³/mol. The van der Waals surface area contributed by atoms with Gasteiger partial charge in [0, 0.05) is 44.9 Å². The van der Waals surface area contributed by atoms with Crippen molar-refractivity contribution in [1.29, 1.82) is 0 Å². The lowest BCUT2D eigenvalue weighted by Gasteiger charge is -2.08. The maximum Gasteiger partial charge on any atom is 0.224 e. The van der Waals surface area contributed by atoms with Gasteiger partial charge in [-0.2, -0.15) is 9.49 Å². The summed E-state index contributed by atoms with van der Waals surface area (Å²) < 4.78 is 13.7. The van der Waals surface area contributed by atoms with Gasteiger partial charge in [-0.05, 0) is 42.3 Å². The fourth-order valence-corrected chi connectivity index (χ4v) is 5.24. The van der Waals surface area contributed by atoms with Crippen molar-refractivity contribution in [2.45, 2.75) is 20.3 Å². The van der Waals surface area contributed by atoms with Crippen LogP contribution in [-0.4, -0.2) is 31.1 Å². The van der Waals surface area contributed by atoms with E-state index in [1.165, 1.54) is 6.07 Å². The van der Waals surface area contributed by atoms with Gasteiger partial charge in [0.05, 0.1) is 35.0 Å². The third-order valence-electron chi connectivity index (χ3n) is 6.12. The summed E-state index contributed by atoms with van der Waals surface area (Å²) in [7, 11) is 0. The number of halogens is 1. The van der Waals surface area contributed by atoms with Crippen molar-refractivity contribution in [2.24, 2.45) is 5.92 Å². The number of carbonyl (C=O) groups is 1. The first-order chi connectivity index (χ1) is 17.9. The Morgan fingerprint density at radius 3 is 2.76 bits per heavy atom. The van der Waals surface area contributed by atoms with Crippen molar-refractivity contribution >= 4 is 44.7 Å². The average molecular weight is 511 g/mol. The Morgan fingerprint density at radius 1 is 1.05 bits per heavy atom. The number of fused-ring (bicyclic) bond motifs is 2. The number of benzene rings is 1. The first-order valence-electron chi connectivity index (χ1n) is 11.9. The number of hydrogen-bond donors (Lipinski definition) is 3. The van der Waals surface area contributed by atoms with E-state index < -0.39 is 0 Å². The molecule has 9 heteroatoms. The number of aromatic nitrogens is 5. The molecule has 0 aliphatic rings. The number of amides is 1. The molecule has 6 aromatic rings. The van der Waals surface area contributed by atoms with Crippen molar-refractivity contribution in [3.63, 3.8) is 0 Å². The summed E-state index contributed by atoms with van der Waals surface area (Å²) in [6.45, 7) is 4.01. The van der Waals surface area contributed by atoms with E-state index in [2.05, 4.69) is 30.5 Å². The second kappa shape index (κ2) is 9.25. The van der Waals surface area contributed by atoms with Gasteiger partial charge in [0.1, 0.15) is 5.69 Å². The zero-order valence-electron chi connectivity index (χ0n) is 20.2. The first kappa shape index (κ1) is 23.1. The highest BCUT2D eigenvalue weighted by Crippen LogP contribution is 2.37.